The molecule has 21 heavy (non-hydrogen) atoms. The highest BCUT2D eigenvalue weighted by molar-refractivity contribution is 5.52. The molecule has 0 saturated carbocycles. The van der Waals surface area contributed by atoms with Gasteiger partial charge in [0.25, 0.3) is 0 Å². The molecule has 3 fully saturated rings. The summed E-state index contributed by atoms with van der Waals surface area (Å²) >= 11 is 0. The van der Waals surface area contributed by atoms with E-state index in [0.29, 0.717) is 6.04 Å². The Morgan fingerprint density at radius 2 is 1.86 bits per heavy atom. The Bertz CT molecular complexity index is 448. The maximum Gasteiger partial charge on any atom is 0.0417 e. The summed E-state index contributed by atoms with van der Waals surface area (Å²) in [5.41, 5.74) is 2.79. The van der Waals surface area contributed by atoms with Crippen molar-refractivity contribution in [2.75, 3.05) is 38.0 Å². The van der Waals surface area contributed by atoms with Gasteiger partial charge in [-0.3, -0.25) is 4.90 Å². The van der Waals surface area contributed by atoms with Crippen molar-refractivity contribution in [2.24, 2.45) is 5.92 Å². The standard InChI is InChI=1S/C18H29N3/c1-3-20(4-2)13-16-7-5-6-8-17(16)19-18-14-21-11-9-15(18)10-12-21/h5-8,15,18-19H,3-4,9-14H2,1-2H3. The van der Waals surface area contributed by atoms with Crippen molar-refractivity contribution < 1.29 is 0 Å². The predicted octanol–water partition coefficient (Wildman–Crippen LogP) is 3.03. The number of nitrogens with zero attached hydrogens (tertiary/aromatic N) is 2. The van der Waals surface area contributed by atoms with Crippen LogP contribution >= 0.6 is 0 Å². The third kappa shape index (κ3) is 3.41. The Morgan fingerprint density at radius 3 is 2.48 bits per heavy atom. The molecule has 1 aromatic rings. The van der Waals surface area contributed by atoms with Crippen LogP contribution in [-0.4, -0.2) is 48.6 Å². The normalized spacial score (nSPS) is 28.0. The summed E-state index contributed by atoms with van der Waals surface area (Å²) in [6.45, 7) is 11.6. The van der Waals surface area contributed by atoms with Crippen LogP contribution in [0.3, 0.4) is 0 Å². The van der Waals surface area contributed by atoms with E-state index in [-0.39, 0.29) is 0 Å². The molecule has 4 rings (SSSR count). The summed E-state index contributed by atoms with van der Waals surface area (Å²) in [5.74, 6) is 0.872. The SMILES string of the molecule is CCN(CC)Cc1ccccc1NC1CN2CCC1CC2. The van der Waals surface area contributed by atoms with Gasteiger partial charge >= 0.3 is 0 Å². The highest BCUT2D eigenvalue weighted by Crippen LogP contribution is 2.30. The molecule has 1 aromatic carbocycles. The Balaban J connectivity index is 1.70. The molecule has 1 N–H and O–H groups in total. The van der Waals surface area contributed by atoms with Crippen molar-refractivity contribution in [3.05, 3.63) is 29.8 Å². The van der Waals surface area contributed by atoms with Gasteiger partial charge in [0.05, 0.1) is 0 Å². The van der Waals surface area contributed by atoms with Gasteiger partial charge in [-0.05, 0) is 56.6 Å². The zero-order valence-electron chi connectivity index (χ0n) is 13.5. The molecule has 3 aliphatic rings. The van der Waals surface area contributed by atoms with E-state index in [2.05, 4.69) is 53.2 Å². The second-order valence-corrected chi connectivity index (χ2v) is 6.51. The number of fused-ring (bicyclic) bond motifs is 3. The number of piperidine rings is 3. The van der Waals surface area contributed by atoms with Crippen LogP contribution in [-0.2, 0) is 6.54 Å². The second-order valence-electron chi connectivity index (χ2n) is 6.51. The van der Waals surface area contributed by atoms with Gasteiger partial charge in [0.1, 0.15) is 0 Å². The van der Waals surface area contributed by atoms with E-state index in [4.69, 9.17) is 0 Å². The fraction of sp³-hybridized carbons (Fsp3) is 0.667. The molecular formula is C18H29N3. The highest BCUT2D eigenvalue weighted by Gasteiger charge is 2.34. The molecule has 3 saturated heterocycles. The Labute approximate surface area is 129 Å². The molecule has 3 nitrogen and oxygen atoms in total. The quantitative estimate of drug-likeness (QED) is 0.867. The number of benzene rings is 1. The molecule has 2 bridgehead atoms. The fourth-order valence-electron chi connectivity index (χ4n) is 3.82. The Kier molecular flexibility index (Phi) is 4.81. The molecule has 3 aliphatic heterocycles. The Morgan fingerprint density at radius 1 is 1.14 bits per heavy atom. The topological polar surface area (TPSA) is 18.5 Å². The van der Waals surface area contributed by atoms with E-state index in [9.17, 15) is 0 Å². The summed E-state index contributed by atoms with van der Waals surface area (Å²) in [6.07, 6.45) is 2.74. The molecule has 1 atom stereocenters. The molecule has 0 radical (unpaired) electrons. The van der Waals surface area contributed by atoms with Crippen LogP contribution in [0.2, 0.25) is 0 Å². The fourth-order valence-corrected chi connectivity index (χ4v) is 3.82. The number of nitrogens with one attached hydrogen (secondary N) is 1. The number of rotatable bonds is 6. The lowest BCUT2D eigenvalue weighted by atomic mass is 9.84. The second kappa shape index (κ2) is 6.80. The highest BCUT2D eigenvalue weighted by atomic mass is 15.2. The van der Waals surface area contributed by atoms with Crippen LogP contribution in [0, 0.1) is 5.92 Å². The molecule has 0 aliphatic carbocycles. The third-order valence-electron chi connectivity index (χ3n) is 5.30. The number of anilines is 1. The van der Waals surface area contributed by atoms with E-state index >= 15 is 0 Å². The van der Waals surface area contributed by atoms with Gasteiger partial charge in [0, 0.05) is 24.8 Å². The first-order valence-electron chi connectivity index (χ1n) is 8.59. The lowest BCUT2D eigenvalue weighted by Crippen LogP contribution is -2.53. The maximum atomic E-state index is 3.87. The first-order valence-corrected chi connectivity index (χ1v) is 8.59. The van der Waals surface area contributed by atoms with Gasteiger partial charge in [0.15, 0.2) is 0 Å². The van der Waals surface area contributed by atoms with Gasteiger partial charge in [0.2, 0.25) is 0 Å². The number of hydrogen-bond donors (Lipinski definition) is 1. The summed E-state index contributed by atoms with van der Waals surface area (Å²) in [5, 5.41) is 3.87. The van der Waals surface area contributed by atoms with E-state index in [1.807, 2.05) is 0 Å². The molecule has 3 heteroatoms. The molecule has 0 aromatic heterocycles. The lowest BCUT2D eigenvalue weighted by Gasteiger charge is -2.45. The molecule has 0 amide bonds. The van der Waals surface area contributed by atoms with Crippen LogP contribution < -0.4 is 5.32 Å². The maximum absolute atomic E-state index is 3.87. The minimum atomic E-state index is 0.644. The van der Waals surface area contributed by atoms with Crippen molar-refractivity contribution in [1.29, 1.82) is 0 Å². The third-order valence-corrected chi connectivity index (χ3v) is 5.30. The monoisotopic (exact) mass is 287 g/mol. The van der Waals surface area contributed by atoms with Gasteiger partial charge in [-0.1, -0.05) is 32.0 Å². The molecule has 3 heterocycles. The number of hydrogen-bond acceptors (Lipinski definition) is 3. The van der Waals surface area contributed by atoms with Gasteiger partial charge in [-0.15, -0.1) is 0 Å². The minimum Gasteiger partial charge on any atom is -0.380 e. The van der Waals surface area contributed by atoms with Gasteiger partial charge < -0.3 is 10.2 Å². The smallest absolute Gasteiger partial charge is 0.0417 e. The van der Waals surface area contributed by atoms with Crippen molar-refractivity contribution >= 4 is 5.69 Å². The summed E-state index contributed by atoms with van der Waals surface area (Å²) in [7, 11) is 0. The van der Waals surface area contributed by atoms with Crippen molar-refractivity contribution in [3.8, 4) is 0 Å². The van der Waals surface area contributed by atoms with Crippen molar-refractivity contribution in [3.63, 3.8) is 0 Å². The molecular weight excluding hydrogens is 258 g/mol. The van der Waals surface area contributed by atoms with E-state index in [1.165, 1.54) is 43.7 Å². The first-order chi connectivity index (χ1) is 10.3. The summed E-state index contributed by atoms with van der Waals surface area (Å²) < 4.78 is 0. The zero-order chi connectivity index (χ0) is 14.7. The first kappa shape index (κ1) is 14.9. The van der Waals surface area contributed by atoms with Crippen LogP contribution in [0.5, 0.6) is 0 Å². The molecule has 1 unspecified atom stereocenters. The van der Waals surface area contributed by atoms with E-state index in [0.717, 1.165) is 25.6 Å². The zero-order valence-corrected chi connectivity index (χ0v) is 13.5. The number of para-hydroxylation sites is 1. The lowest BCUT2D eigenvalue weighted by molar-refractivity contribution is 0.0974. The molecule has 116 valence electrons. The van der Waals surface area contributed by atoms with E-state index in [1.54, 1.807) is 0 Å². The Hall–Kier alpha value is -1.06. The van der Waals surface area contributed by atoms with Crippen molar-refractivity contribution in [2.45, 2.75) is 39.3 Å². The summed E-state index contributed by atoms with van der Waals surface area (Å²) in [4.78, 5) is 5.10. The predicted molar refractivity (Wildman–Crippen MR) is 89.6 cm³/mol. The van der Waals surface area contributed by atoms with Crippen LogP contribution in [0.25, 0.3) is 0 Å². The van der Waals surface area contributed by atoms with Crippen LogP contribution in [0.4, 0.5) is 5.69 Å². The van der Waals surface area contributed by atoms with Gasteiger partial charge in [-0.25, -0.2) is 0 Å². The van der Waals surface area contributed by atoms with Crippen LogP contribution in [0.15, 0.2) is 24.3 Å². The average Bonchev–Trinajstić information content (AvgIpc) is 2.55. The van der Waals surface area contributed by atoms with Crippen LogP contribution in [0.1, 0.15) is 32.3 Å². The van der Waals surface area contributed by atoms with Gasteiger partial charge in [-0.2, -0.15) is 0 Å². The molecule has 0 spiro atoms. The minimum absolute atomic E-state index is 0.644. The summed E-state index contributed by atoms with van der Waals surface area (Å²) in [6, 6.07) is 9.51. The van der Waals surface area contributed by atoms with Crippen molar-refractivity contribution in [1.82, 2.24) is 9.80 Å². The average molecular weight is 287 g/mol. The van der Waals surface area contributed by atoms with E-state index < -0.39 is 0 Å². The largest absolute Gasteiger partial charge is 0.380 e.